The lowest BCUT2D eigenvalue weighted by Gasteiger charge is -2.51. The smallest absolute Gasteiger partial charge is 0.335 e. The summed E-state index contributed by atoms with van der Waals surface area (Å²) in [6, 6.07) is 0. The van der Waals surface area contributed by atoms with Crippen molar-refractivity contribution in [2.75, 3.05) is 6.61 Å². The van der Waals surface area contributed by atoms with Crippen LogP contribution in [0.3, 0.4) is 0 Å². The number of fused-ring (bicyclic) bond motifs is 1. The zero-order valence-electron chi connectivity index (χ0n) is 20.9. The summed E-state index contributed by atoms with van der Waals surface area (Å²) in [6.07, 6.45) is 0.611. The molecule has 3 heterocycles. The fourth-order valence-electron chi connectivity index (χ4n) is 5.15. The van der Waals surface area contributed by atoms with E-state index in [1.165, 1.54) is 6.33 Å². The summed E-state index contributed by atoms with van der Waals surface area (Å²) >= 11 is 0. The van der Waals surface area contributed by atoms with Gasteiger partial charge in [0.2, 0.25) is 5.82 Å². The average Bonchev–Trinajstić information content (AvgIpc) is 3.27. The van der Waals surface area contributed by atoms with Crippen LogP contribution in [-0.4, -0.2) is 56.6 Å². The Balaban J connectivity index is 2.03. The maximum Gasteiger partial charge on any atom is 0.335 e. The van der Waals surface area contributed by atoms with E-state index >= 15 is 0 Å². The molecule has 1 aromatic heterocycles. The molecule has 0 bridgehead atoms. The Labute approximate surface area is 193 Å². The molecule has 182 valence electrons. The first-order valence-electron chi connectivity index (χ1n) is 11.7. The molecule has 3 rings (SSSR count). The van der Waals surface area contributed by atoms with E-state index in [2.05, 4.69) is 72.4 Å². The summed E-state index contributed by atoms with van der Waals surface area (Å²) in [7, 11) is -5.33. The van der Waals surface area contributed by atoms with E-state index < -0.39 is 29.3 Å². The number of primary amides is 1. The summed E-state index contributed by atoms with van der Waals surface area (Å²) < 4.78 is 29.1. The van der Waals surface area contributed by atoms with Gasteiger partial charge in [0, 0.05) is 5.92 Å². The molecule has 0 unspecified atom stereocenters. The van der Waals surface area contributed by atoms with Gasteiger partial charge in [0.15, 0.2) is 6.23 Å². The second-order valence-electron chi connectivity index (χ2n) is 10.4. The third kappa shape index (κ3) is 4.23. The molecule has 2 saturated heterocycles. The number of nitrogens with two attached hydrogens (primary N) is 1. The number of rotatable bonds is 6. The number of nitrogens with zero attached hydrogens (tertiary/aromatic N) is 3. The SMILES string of the molecule is CC(C)[Si]1(C(C)C)OC[C@H]2O[C@@H](n3cnc(C(N)=O)n3)[C@H](C)[C@@H]2O[Si](C(C)C)(C(C)C)O1. The van der Waals surface area contributed by atoms with Crippen molar-refractivity contribution in [3.8, 4) is 0 Å². The van der Waals surface area contributed by atoms with Gasteiger partial charge < -0.3 is 23.4 Å². The van der Waals surface area contributed by atoms with Crippen molar-refractivity contribution in [2.24, 2.45) is 11.7 Å². The predicted octanol–water partition coefficient (Wildman–Crippen LogP) is 3.87. The average molecular weight is 485 g/mol. The lowest BCUT2D eigenvalue weighted by molar-refractivity contribution is -0.0595. The monoisotopic (exact) mass is 484 g/mol. The topological polar surface area (TPSA) is 111 Å². The normalized spacial score (nSPS) is 30.0. The van der Waals surface area contributed by atoms with E-state index in [0.717, 1.165) is 0 Å². The van der Waals surface area contributed by atoms with Crippen molar-refractivity contribution in [3.63, 3.8) is 0 Å². The van der Waals surface area contributed by atoms with Crippen LogP contribution < -0.4 is 5.73 Å². The molecule has 9 nitrogen and oxygen atoms in total. The van der Waals surface area contributed by atoms with Crippen LogP contribution in [0.5, 0.6) is 0 Å². The van der Waals surface area contributed by atoms with Crippen LogP contribution >= 0.6 is 0 Å². The van der Waals surface area contributed by atoms with Gasteiger partial charge in [0.1, 0.15) is 12.4 Å². The molecule has 2 aliphatic rings. The van der Waals surface area contributed by atoms with Gasteiger partial charge in [-0.2, -0.15) is 0 Å². The highest BCUT2D eigenvalue weighted by atomic mass is 28.5. The minimum atomic E-state index is -2.71. The summed E-state index contributed by atoms with van der Waals surface area (Å²) in [4.78, 5) is 15.5. The Morgan fingerprint density at radius 3 is 2.09 bits per heavy atom. The van der Waals surface area contributed by atoms with Crippen LogP contribution in [0.4, 0.5) is 0 Å². The molecule has 1 amide bonds. The van der Waals surface area contributed by atoms with E-state index in [1.807, 2.05) is 0 Å². The highest BCUT2D eigenvalue weighted by Gasteiger charge is 2.61. The minimum Gasteiger partial charge on any atom is -0.414 e. The van der Waals surface area contributed by atoms with Gasteiger partial charge in [-0.15, -0.1) is 5.10 Å². The van der Waals surface area contributed by atoms with Crippen LogP contribution in [0.25, 0.3) is 0 Å². The van der Waals surface area contributed by atoms with E-state index in [4.69, 9.17) is 23.4 Å². The molecule has 2 N–H and O–H groups in total. The Morgan fingerprint density at radius 2 is 1.62 bits per heavy atom. The second kappa shape index (κ2) is 9.26. The van der Waals surface area contributed by atoms with Gasteiger partial charge in [-0.1, -0.05) is 62.3 Å². The molecule has 0 saturated carbocycles. The Bertz CT molecular complexity index is 800. The minimum absolute atomic E-state index is 0.0234. The predicted molar refractivity (Wildman–Crippen MR) is 125 cm³/mol. The van der Waals surface area contributed by atoms with Crippen LogP contribution in [0, 0.1) is 5.92 Å². The zero-order valence-corrected chi connectivity index (χ0v) is 22.9. The molecule has 1 aromatic rings. The summed E-state index contributed by atoms with van der Waals surface area (Å²) in [5.74, 6) is -0.722. The maximum absolute atomic E-state index is 11.5. The molecule has 0 aliphatic carbocycles. The van der Waals surface area contributed by atoms with Crippen molar-refractivity contribution in [2.45, 2.75) is 103 Å². The van der Waals surface area contributed by atoms with Crippen LogP contribution in [0.2, 0.25) is 22.2 Å². The first-order chi connectivity index (χ1) is 14.9. The van der Waals surface area contributed by atoms with Crippen molar-refractivity contribution < 1.29 is 22.5 Å². The molecular weight excluding hydrogens is 444 g/mol. The molecule has 2 aliphatic heterocycles. The number of hydrogen-bond donors (Lipinski definition) is 1. The summed E-state index contributed by atoms with van der Waals surface area (Å²) in [6.45, 7) is 20.1. The number of ether oxygens (including phenoxy) is 1. The van der Waals surface area contributed by atoms with Crippen LogP contribution in [0.1, 0.15) is 79.2 Å². The van der Waals surface area contributed by atoms with E-state index in [1.54, 1.807) is 4.68 Å². The fraction of sp³-hybridized carbons (Fsp3) is 0.857. The highest BCUT2D eigenvalue weighted by molar-refractivity contribution is 6.83. The second-order valence-corrected chi connectivity index (χ2v) is 19.2. The maximum atomic E-state index is 11.5. The number of aromatic nitrogens is 3. The van der Waals surface area contributed by atoms with Gasteiger partial charge in [-0.05, 0) is 22.2 Å². The van der Waals surface area contributed by atoms with Gasteiger partial charge in [-0.25, -0.2) is 9.67 Å². The first-order valence-corrected chi connectivity index (χ1v) is 15.7. The van der Waals surface area contributed by atoms with Crippen molar-refractivity contribution in [1.82, 2.24) is 14.8 Å². The Morgan fingerprint density at radius 1 is 1.06 bits per heavy atom. The molecule has 11 heteroatoms. The third-order valence-electron chi connectivity index (χ3n) is 6.97. The number of amides is 1. The molecule has 0 radical (unpaired) electrons. The quantitative estimate of drug-likeness (QED) is 0.610. The Kier molecular flexibility index (Phi) is 7.38. The standard InChI is InChI=1S/C21H40N4O5Si2/c1-12(2)31(13(3)4)27-10-17-18(29-32(30-31,14(5)6)15(7)8)16(9)21(28-17)25-11-23-20(24-25)19(22)26/h11-18,21H,10H2,1-9H3,(H2,22,26)/t16-,17-,18+,21-/m1/s1. The van der Waals surface area contributed by atoms with Gasteiger partial charge >= 0.3 is 17.1 Å². The largest absolute Gasteiger partial charge is 0.414 e. The third-order valence-corrected chi connectivity index (χ3v) is 17.2. The molecule has 32 heavy (non-hydrogen) atoms. The number of carbonyl (C=O) groups is 1. The number of carbonyl (C=O) groups excluding carboxylic acids is 1. The molecule has 2 fully saturated rings. The molecule has 0 spiro atoms. The molecule has 4 atom stereocenters. The lowest BCUT2D eigenvalue weighted by atomic mass is 10.0. The van der Waals surface area contributed by atoms with Crippen LogP contribution in [0.15, 0.2) is 6.33 Å². The van der Waals surface area contributed by atoms with Crippen molar-refractivity contribution in [1.29, 1.82) is 0 Å². The fourth-order valence-corrected chi connectivity index (χ4v) is 16.4. The van der Waals surface area contributed by atoms with E-state index in [0.29, 0.717) is 6.61 Å². The van der Waals surface area contributed by atoms with E-state index in [9.17, 15) is 4.79 Å². The molecular formula is C21H40N4O5Si2. The van der Waals surface area contributed by atoms with E-state index in [-0.39, 0.29) is 46.1 Å². The highest BCUT2D eigenvalue weighted by Crippen LogP contribution is 2.49. The summed E-state index contributed by atoms with van der Waals surface area (Å²) in [5.41, 5.74) is 6.37. The van der Waals surface area contributed by atoms with Crippen LogP contribution in [-0.2, 0) is 17.7 Å². The van der Waals surface area contributed by atoms with Gasteiger partial charge in [0.05, 0.1) is 12.7 Å². The van der Waals surface area contributed by atoms with Crippen molar-refractivity contribution in [3.05, 3.63) is 12.2 Å². The van der Waals surface area contributed by atoms with Gasteiger partial charge in [0.25, 0.3) is 5.91 Å². The molecule has 0 aromatic carbocycles. The van der Waals surface area contributed by atoms with Crippen molar-refractivity contribution >= 4 is 23.0 Å². The Hall–Kier alpha value is -1.12. The number of hydrogen-bond acceptors (Lipinski definition) is 7. The first kappa shape index (κ1) is 25.5. The lowest BCUT2D eigenvalue weighted by Crippen LogP contribution is -2.65. The summed E-state index contributed by atoms with van der Waals surface area (Å²) in [5, 5.41) is 4.24. The van der Waals surface area contributed by atoms with Gasteiger partial charge in [-0.3, -0.25) is 4.79 Å². The zero-order chi connectivity index (χ0) is 24.0.